The predicted molar refractivity (Wildman–Crippen MR) is 91.8 cm³/mol. The number of rotatable bonds is 3. The van der Waals surface area contributed by atoms with Crippen LogP contribution in [0.2, 0.25) is 0 Å². The van der Waals surface area contributed by atoms with Gasteiger partial charge in [-0.1, -0.05) is 30.3 Å². The summed E-state index contributed by atoms with van der Waals surface area (Å²) in [6, 6.07) is 19.2. The molecular formula is C17H15IN2. The highest BCUT2D eigenvalue weighted by atomic mass is 127. The lowest BCUT2D eigenvalue weighted by atomic mass is 9.95. The third-order valence-corrected chi connectivity index (χ3v) is 4.20. The number of aromatic nitrogens is 1. The largest absolute Gasteiger partial charge is 0.309 e. The monoisotopic (exact) mass is 374 g/mol. The maximum absolute atomic E-state index is 4.44. The van der Waals surface area contributed by atoms with Crippen molar-refractivity contribution in [1.29, 1.82) is 0 Å². The van der Waals surface area contributed by atoms with Crippen LogP contribution in [0.15, 0.2) is 60.8 Å². The molecule has 0 saturated heterocycles. The molecule has 0 radical (unpaired) electrons. The van der Waals surface area contributed by atoms with Crippen molar-refractivity contribution >= 4 is 33.5 Å². The first-order chi connectivity index (χ1) is 9.79. The van der Waals surface area contributed by atoms with Crippen molar-refractivity contribution < 1.29 is 0 Å². The van der Waals surface area contributed by atoms with E-state index in [0.717, 1.165) is 5.52 Å². The van der Waals surface area contributed by atoms with Gasteiger partial charge in [0.1, 0.15) is 0 Å². The van der Waals surface area contributed by atoms with Crippen molar-refractivity contribution in [3.05, 3.63) is 75.5 Å². The number of hydrogen-bond acceptors (Lipinski definition) is 2. The fourth-order valence-electron chi connectivity index (χ4n) is 2.54. The van der Waals surface area contributed by atoms with E-state index in [1.165, 1.54) is 20.1 Å². The van der Waals surface area contributed by atoms with Gasteiger partial charge in [-0.25, -0.2) is 0 Å². The molecule has 3 rings (SSSR count). The Morgan fingerprint density at radius 1 is 1.00 bits per heavy atom. The lowest BCUT2D eigenvalue weighted by molar-refractivity contribution is 0.696. The number of nitrogens with one attached hydrogen (secondary N) is 1. The van der Waals surface area contributed by atoms with E-state index in [2.05, 4.69) is 81.4 Å². The first-order valence-corrected chi connectivity index (χ1v) is 7.64. The molecule has 0 aliphatic carbocycles. The fourth-order valence-corrected chi connectivity index (χ4v) is 2.90. The third-order valence-electron chi connectivity index (χ3n) is 3.48. The van der Waals surface area contributed by atoms with Crippen molar-refractivity contribution in [2.24, 2.45) is 0 Å². The molecular weight excluding hydrogens is 359 g/mol. The van der Waals surface area contributed by atoms with Crippen molar-refractivity contribution in [1.82, 2.24) is 10.3 Å². The average molecular weight is 374 g/mol. The van der Waals surface area contributed by atoms with Gasteiger partial charge >= 0.3 is 0 Å². The first kappa shape index (κ1) is 13.5. The van der Waals surface area contributed by atoms with Gasteiger partial charge < -0.3 is 5.32 Å². The predicted octanol–water partition coefficient (Wildman–Crippen LogP) is 4.15. The standard InChI is InChI=1S/C17H15IN2/c1-19-17(12-7-9-13(18)10-8-12)15-4-2-6-16-14(15)5-3-11-20-16/h2-11,17,19H,1H3. The van der Waals surface area contributed by atoms with Gasteiger partial charge in [0.15, 0.2) is 0 Å². The Balaban J connectivity index is 2.14. The second kappa shape index (κ2) is 5.89. The number of halogens is 1. The molecule has 0 amide bonds. The normalized spacial score (nSPS) is 12.5. The molecule has 1 unspecified atom stereocenters. The van der Waals surface area contributed by atoms with Gasteiger partial charge in [0.05, 0.1) is 11.6 Å². The molecule has 100 valence electrons. The smallest absolute Gasteiger partial charge is 0.0705 e. The molecule has 0 bridgehead atoms. The minimum atomic E-state index is 0.180. The average Bonchev–Trinajstić information content (AvgIpc) is 2.50. The summed E-state index contributed by atoms with van der Waals surface area (Å²) in [5.74, 6) is 0. The number of nitrogens with zero attached hydrogens (tertiary/aromatic N) is 1. The Morgan fingerprint density at radius 3 is 2.55 bits per heavy atom. The van der Waals surface area contributed by atoms with Crippen LogP contribution in [-0.2, 0) is 0 Å². The summed E-state index contributed by atoms with van der Waals surface area (Å²) >= 11 is 2.33. The number of pyridine rings is 1. The van der Waals surface area contributed by atoms with E-state index < -0.39 is 0 Å². The molecule has 0 aliphatic rings. The van der Waals surface area contributed by atoms with Crippen LogP contribution in [0.5, 0.6) is 0 Å². The van der Waals surface area contributed by atoms with Crippen molar-refractivity contribution in [2.45, 2.75) is 6.04 Å². The van der Waals surface area contributed by atoms with Crippen LogP contribution in [0.4, 0.5) is 0 Å². The van der Waals surface area contributed by atoms with Gasteiger partial charge in [-0.3, -0.25) is 4.98 Å². The first-order valence-electron chi connectivity index (χ1n) is 6.56. The Hall–Kier alpha value is -1.46. The highest BCUT2D eigenvalue weighted by Gasteiger charge is 2.14. The van der Waals surface area contributed by atoms with E-state index in [1.807, 2.05) is 19.3 Å². The summed E-state index contributed by atoms with van der Waals surface area (Å²) in [7, 11) is 2.00. The van der Waals surface area contributed by atoms with Crippen molar-refractivity contribution in [2.75, 3.05) is 7.05 Å². The van der Waals surface area contributed by atoms with E-state index in [0.29, 0.717) is 0 Å². The highest BCUT2D eigenvalue weighted by Crippen LogP contribution is 2.28. The van der Waals surface area contributed by atoms with Gasteiger partial charge in [-0.15, -0.1) is 0 Å². The summed E-state index contributed by atoms with van der Waals surface area (Å²) < 4.78 is 1.25. The van der Waals surface area contributed by atoms with Crippen LogP contribution in [0.25, 0.3) is 10.9 Å². The van der Waals surface area contributed by atoms with Crippen molar-refractivity contribution in [3.63, 3.8) is 0 Å². The lowest BCUT2D eigenvalue weighted by Gasteiger charge is -2.19. The zero-order chi connectivity index (χ0) is 13.9. The number of benzene rings is 2. The van der Waals surface area contributed by atoms with Crippen molar-refractivity contribution in [3.8, 4) is 0 Å². The van der Waals surface area contributed by atoms with Gasteiger partial charge in [0, 0.05) is 15.2 Å². The number of fused-ring (bicyclic) bond motifs is 1. The van der Waals surface area contributed by atoms with Crippen LogP contribution in [0.3, 0.4) is 0 Å². The minimum absolute atomic E-state index is 0.180. The molecule has 0 spiro atoms. The zero-order valence-electron chi connectivity index (χ0n) is 11.2. The molecule has 0 aliphatic heterocycles. The maximum atomic E-state index is 4.44. The Kier molecular flexibility index (Phi) is 3.98. The van der Waals surface area contributed by atoms with E-state index in [-0.39, 0.29) is 6.04 Å². The second-order valence-corrected chi connectivity index (χ2v) is 5.94. The molecule has 1 N–H and O–H groups in total. The SMILES string of the molecule is CNC(c1ccc(I)cc1)c1cccc2ncccc12. The van der Waals surface area contributed by atoms with E-state index >= 15 is 0 Å². The fraction of sp³-hybridized carbons (Fsp3) is 0.118. The zero-order valence-corrected chi connectivity index (χ0v) is 13.3. The Bertz CT molecular complexity index is 717. The maximum Gasteiger partial charge on any atom is 0.0705 e. The molecule has 20 heavy (non-hydrogen) atoms. The van der Waals surface area contributed by atoms with Gasteiger partial charge in [0.25, 0.3) is 0 Å². The summed E-state index contributed by atoms with van der Waals surface area (Å²) in [5, 5.41) is 4.62. The van der Waals surface area contributed by atoms with Crippen LogP contribution >= 0.6 is 22.6 Å². The summed E-state index contributed by atoms with van der Waals surface area (Å²) in [5.41, 5.74) is 3.57. The van der Waals surface area contributed by atoms with E-state index in [1.54, 1.807) is 0 Å². The molecule has 0 saturated carbocycles. The molecule has 3 heteroatoms. The topological polar surface area (TPSA) is 24.9 Å². The second-order valence-electron chi connectivity index (χ2n) is 4.69. The summed E-state index contributed by atoms with van der Waals surface area (Å²) in [6.07, 6.45) is 1.84. The van der Waals surface area contributed by atoms with Crippen LogP contribution < -0.4 is 5.32 Å². The minimum Gasteiger partial charge on any atom is -0.309 e. The summed E-state index contributed by atoms with van der Waals surface area (Å²) in [6.45, 7) is 0. The van der Waals surface area contributed by atoms with Gasteiger partial charge in [-0.05, 0) is 65.0 Å². The number of hydrogen-bond donors (Lipinski definition) is 1. The molecule has 2 aromatic carbocycles. The molecule has 3 aromatic rings. The Labute approximate surface area is 132 Å². The summed E-state index contributed by atoms with van der Waals surface area (Å²) in [4.78, 5) is 4.44. The molecule has 0 fully saturated rings. The van der Waals surface area contributed by atoms with Crippen LogP contribution in [-0.4, -0.2) is 12.0 Å². The molecule has 1 aromatic heterocycles. The highest BCUT2D eigenvalue weighted by molar-refractivity contribution is 14.1. The Morgan fingerprint density at radius 2 is 1.80 bits per heavy atom. The van der Waals surface area contributed by atoms with Crippen LogP contribution in [0.1, 0.15) is 17.2 Å². The third kappa shape index (κ3) is 2.55. The van der Waals surface area contributed by atoms with Crippen LogP contribution in [0, 0.1) is 3.57 Å². The van der Waals surface area contributed by atoms with Gasteiger partial charge in [0.2, 0.25) is 0 Å². The molecule has 1 atom stereocenters. The molecule has 2 nitrogen and oxygen atoms in total. The van der Waals surface area contributed by atoms with Gasteiger partial charge in [-0.2, -0.15) is 0 Å². The quantitative estimate of drug-likeness (QED) is 0.697. The molecule has 1 heterocycles. The lowest BCUT2D eigenvalue weighted by Crippen LogP contribution is -2.18. The van der Waals surface area contributed by atoms with E-state index in [9.17, 15) is 0 Å². The van der Waals surface area contributed by atoms with E-state index in [4.69, 9.17) is 0 Å².